The molecule has 1 fully saturated rings. The Balaban J connectivity index is 1.81. The van der Waals surface area contributed by atoms with Crippen LogP contribution in [0.25, 0.3) is 11.4 Å². The summed E-state index contributed by atoms with van der Waals surface area (Å²) in [6.45, 7) is 0.885. The van der Waals surface area contributed by atoms with Crippen molar-refractivity contribution in [1.29, 1.82) is 0 Å². The highest BCUT2D eigenvalue weighted by molar-refractivity contribution is 7.99. The molecule has 0 radical (unpaired) electrons. The summed E-state index contributed by atoms with van der Waals surface area (Å²) in [5.74, 6) is 1.87. The van der Waals surface area contributed by atoms with E-state index in [-0.39, 0.29) is 0 Å². The molecule has 1 aliphatic heterocycles. The van der Waals surface area contributed by atoms with E-state index in [0.29, 0.717) is 6.10 Å². The summed E-state index contributed by atoms with van der Waals surface area (Å²) in [6, 6.07) is 10.1. The lowest BCUT2D eigenvalue weighted by molar-refractivity contribution is 0.426. The molecule has 2 aromatic rings. The maximum Gasteiger partial charge on any atom is 0.191 e. The first-order valence-corrected chi connectivity index (χ1v) is 6.52. The molecular formula is C12H13N3OS. The highest BCUT2D eigenvalue weighted by atomic mass is 32.2. The zero-order valence-corrected chi connectivity index (χ0v) is 10.4. The van der Waals surface area contributed by atoms with Crippen molar-refractivity contribution in [2.45, 2.75) is 11.3 Å². The Kier molecular flexibility index (Phi) is 2.86. The second-order valence-electron chi connectivity index (χ2n) is 4.00. The molecule has 0 N–H and O–H groups in total. The van der Waals surface area contributed by atoms with Crippen LogP contribution in [0.4, 0.5) is 0 Å². The van der Waals surface area contributed by atoms with E-state index >= 15 is 0 Å². The second kappa shape index (κ2) is 4.50. The minimum absolute atomic E-state index is 0.414. The molecule has 1 aromatic carbocycles. The van der Waals surface area contributed by atoms with Crippen LogP contribution in [0.5, 0.6) is 0 Å². The first kappa shape index (κ1) is 10.8. The van der Waals surface area contributed by atoms with E-state index in [4.69, 9.17) is 4.74 Å². The Morgan fingerprint density at radius 3 is 2.82 bits per heavy atom. The molecule has 0 amide bonds. The predicted molar refractivity (Wildman–Crippen MR) is 66.9 cm³/mol. The Bertz CT molecular complexity index is 508. The van der Waals surface area contributed by atoms with Crippen LogP contribution in [0.3, 0.4) is 0 Å². The van der Waals surface area contributed by atoms with Gasteiger partial charge in [-0.1, -0.05) is 42.1 Å². The molecule has 1 aliphatic rings. The van der Waals surface area contributed by atoms with Crippen LogP contribution in [-0.4, -0.2) is 33.2 Å². The number of nitrogens with zero attached hydrogens (tertiary/aromatic N) is 3. The smallest absolute Gasteiger partial charge is 0.191 e. The maximum atomic E-state index is 5.18. The average molecular weight is 247 g/mol. The van der Waals surface area contributed by atoms with E-state index in [2.05, 4.69) is 10.2 Å². The van der Waals surface area contributed by atoms with Crippen LogP contribution in [0, 0.1) is 0 Å². The molecule has 88 valence electrons. The highest BCUT2D eigenvalue weighted by Gasteiger charge is 2.23. The number of hydrogen-bond acceptors (Lipinski definition) is 4. The largest absolute Gasteiger partial charge is 0.372 e. The van der Waals surface area contributed by atoms with Crippen LogP contribution < -0.4 is 0 Å². The first-order valence-electron chi connectivity index (χ1n) is 5.54. The van der Waals surface area contributed by atoms with Crippen molar-refractivity contribution in [2.75, 3.05) is 12.4 Å². The molecule has 17 heavy (non-hydrogen) atoms. The highest BCUT2D eigenvalue weighted by Crippen LogP contribution is 2.25. The van der Waals surface area contributed by atoms with Crippen molar-refractivity contribution in [3.05, 3.63) is 30.3 Å². The van der Waals surface area contributed by atoms with Gasteiger partial charge in [-0.05, 0) is 0 Å². The van der Waals surface area contributed by atoms with Gasteiger partial charge in [0.15, 0.2) is 11.0 Å². The molecule has 0 aliphatic carbocycles. The minimum Gasteiger partial charge on any atom is -0.372 e. The number of ether oxygens (including phenoxy) is 1. The fraction of sp³-hybridized carbons (Fsp3) is 0.333. The Hall–Kier alpha value is -1.33. The van der Waals surface area contributed by atoms with E-state index in [1.807, 2.05) is 41.9 Å². The van der Waals surface area contributed by atoms with E-state index in [1.165, 1.54) is 0 Å². The lowest BCUT2D eigenvalue weighted by Crippen LogP contribution is -1.97. The van der Waals surface area contributed by atoms with Gasteiger partial charge >= 0.3 is 0 Å². The summed E-state index contributed by atoms with van der Waals surface area (Å²) in [5, 5.41) is 9.39. The van der Waals surface area contributed by atoms with Crippen molar-refractivity contribution in [3.8, 4) is 11.4 Å². The number of benzene rings is 1. The number of epoxide rings is 1. The number of rotatable bonds is 4. The van der Waals surface area contributed by atoms with Crippen LogP contribution in [0.1, 0.15) is 0 Å². The summed E-state index contributed by atoms with van der Waals surface area (Å²) in [4.78, 5) is 0. The Labute approximate surface area is 104 Å². The Morgan fingerprint density at radius 1 is 1.35 bits per heavy atom. The fourth-order valence-electron chi connectivity index (χ4n) is 1.61. The lowest BCUT2D eigenvalue weighted by atomic mass is 10.2. The number of thioether (sulfide) groups is 1. The third kappa shape index (κ3) is 2.35. The molecule has 0 saturated carbocycles. The Morgan fingerprint density at radius 2 is 2.12 bits per heavy atom. The van der Waals surface area contributed by atoms with Gasteiger partial charge < -0.3 is 9.30 Å². The van der Waals surface area contributed by atoms with Gasteiger partial charge in [0, 0.05) is 18.4 Å². The van der Waals surface area contributed by atoms with Crippen molar-refractivity contribution in [1.82, 2.24) is 14.8 Å². The molecule has 2 heterocycles. The normalized spacial score (nSPS) is 18.3. The minimum atomic E-state index is 0.414. The quantitative estimate of drug-likeness (QED) is 0.612. The number of hydrogen-bond donors (Lipinski definition) is 0. The number of aromatic nitrogens is 3. The molecule has 1 unspecified atom stereocenters. The predicted octanol–water partition coefficient (Wildman–Crippen LogP) is 1.97. The van der Waals surface area contributed by atoms with Gasteiger partial charge in [-0.3, -0.25) is 0 Å². The molecule has 5 heteroatoms. The van der Waals surface area contributed by atoms with Crippen LogP contribution in [-0.2, 0) is 11.8 Å². The van der Waals surface area contributed by atoms with Gasteiger partial charge in [0.1, 0.15) is 0 Å². The molecule has 3 rings (SSSR count). The molecule has 4 nitrogen and oxygen atoms in total. The zero-order valence-electron chi connectivity index (χ0n) is 9.54. The molecule has 1 aromatic heterocycles. The average Bonchev–Trinajstić information content (AvgIpc) is 3.12. The van der Waals surface area contributed by atoms with Crippen molar-refractivity contribution in [2.24, 2.45) is 7.05 Å². The lowest BCUT2D eigenvalue weighted by Gasteiger charge is -2.02. The second-order valence-corrected chi connectivity index (χ2v) is 4.98. The van der Waals surface area contributed by atoms with E-state index < -0.39 is 0 Å². The standard InChI is InChI=1S/C12H13N3OS/c1-15-11(9-5-3-2-4-6-9)13-14-12(15)17-8-10-7-16-10/h2-6,10H,7-8H2,1H3. The van der Waals surface area contributed by atoms with Gasteiger partial charge in [-0.2, -0.15) is 0 Å². The van der Waals surface area contributed by atoms with Gasteiger partial charge in [-0.25, -0.2) is 0 Å². The summed E-state index contributed by atoms with van der Waals surface area (Å²) in [7, 11) is 2.00. The molecular weight excluding hydrogens is 234 g/mol. The summed E-state index contributed by atoms with van der Waals surface area (Å²) in [6.07, 6.45) is 0.414. The summed E-state index contributed by atoms with van der Waals surface area (Å²) in [5.41, 5.74) is 1.09. The summed E-state index contributed by atoms with van der Waals surface area (Å²) >= 11 is 1.70. The SMILES string of the molecule is Cn1c(SCC2CO2)nnc1-c1ccccc1. The monoisotopic (exact) mass is 247 g/mol. The fourth-order valence-corrected chi connectivity index (χ4v) is 2.52. The van der Waals surface area contributed by atoms with Crippen LogP contribution in [0.2, 0.25) is 0 Å². The van der Waals surface area contributed by atoms with E-state index in [9.17, 15) is 0 Å². The van der Waals surface area contributed by atoms with Crippen molar-refractivity contribution < 1.29 is 4.74 Å². The van der Waals surface area contributed by atoms with Crippen LogP contribution >= 0.6 is 11.8 Å². The van der Waals surface area contributed by atoms with Gasteiger partial charge in [0.25, 0.3) is 0 Å². The van der Waals surface area contributed by atoms with E-state index in [0.717, 1.165) is 28.9 Å². The van der Waals surface area contributed by atoms with Gasteiger partial charge in [0.2, 0.25) is 0 Å². The molecule has 0 spiro atoms. The van der Waals surface area contributed by atoms with Crippen molar-refractivity contribution >= 4 is 11.8 Å². The first-order chi connectivity index (χ1) is 8.34. The zero-order chi connectivity index (χ0) is 11.7. The third-order valence-corrected chi connectivity index (χ3v) is 3.82. The van der Waals surface area contributed by atoms with Gasteiger partial charge in [0.05, 0.1) is 12.7 Å². The maximum absolute atomic E-state index is 5.18. The van der Waals surface area contributed by atoms with E-state index in [1.54, 1.807) is 11.8 Å². The van der Waals surface area contributed by atoms with Crippen molar-refractivity contribution in [3.63, 3.8) is 0 Å². The van der Waals surface area contributed by atoms with Crippen LogP contribution in [0.15, 0.2) is 35.5 Å². The third-order valence-electron chi connectivity index (χ3n) is 2.67. The topological polar surface area (TPSA) is 43.2 Å². The molecule has 1 saturated heterocycles. The summed E-state index contributed by atoms with van der Waals surface area (Å²) < 4.78 is 7.21. The van der Waals surface area contributed by atoms with Gasteiger partial charge in [-0.15, -0.1) is 10.2 Å². The molecule has 0 bridgehead atoms. The molecule has 1 atom stereocenters.